The van der Waals surface area contributed by atoms with Crippen LogP contribution in [0, 0.1) is 0 Å². The highest BCUT2D eigenvalue weighted by Crippen LogP contribution is 2.45. The van der Waals surface area contributed by atoms with Crippen LogP contribution in [-0.4, -0.2) is 96.7 Å². The number of phosphoric acid groups is 2. The Hall–Kier alpha value is -3.50. The number of carbonyl (C=O) groups excluding carboxylic acids is 4. The summed E-state index contributed by atoms with van der Waals surface area (Å²) >= 11 is 0. The molecule has 0 fully saturated rings. The summed E-state index contributed by atoms with van der Waals surface area (Å²) in [6.07, 6.45) is 66.2. The normalized spacial score (nSPS) is 14.4. The molecule has 5 unspecified atom stereocenters. The van der Waals surface area contributed by atoms with Crippen LogP contribution in [0.2, 0.25) is 0 Å². The van der Waals surface area contributed by atoms with Crippen LogP contribution in [0.4, 0.5) is 0 Å². The van der Waals surface area contributed by atoms with Gasteiger partial charge in [-0.15, -0.1) is 0 Å². The van der Waals surface area contributed by atoms with Gasteiger partial charge in [0.05, 0.1) is 26.4 Å². The predicted octanol–water partition coefficient (Wildman–Crippen LogP) is 20.9. The molecule has 0 spiro atoms. The number of aliphatic hydroxyl groups is 1. The lowest BCUT2D eigenvalue weighted by Crippen LogP contribution is -2.30. The van der Waals surface area contributed by atoms with Gasteiger partial charge < -0.3 is 33.8 Å². The Morgan fingerprint density at radius 2 is 0.564 bits per heavy atom. The molecular formula is C75H134O17P2. The number of allylic oxidation sites excluding steroid dienone is 12. The van der Waals surface area contributed by atoms with Crippen LogP contribution in [0.25, 0.3) is 0 Å². The first kappa shape index (κ1) is 90.5. The SMILES string of the molecule is CC/C=C\C/C=C\C/C=C\CCCCCCCCCC(=O)OCC(COP(=O)(O)OCC(O)COP(=O)(O)OCC(COC(=O)CCCCCCC/C=C\CCCC)OC(=O)CCCCCCCCCCCCC)OC(=O)CCCCCCC/C=C\C/C=C\CCCCC. The molecular weight excluding hydrogens is 1230 g/mol. The van der Waals surface area contributed by atoms with E-state index in [1.807, 2.05) is 0 Å². The summed E-state index contributed by atoms with van der Waals surface area (Å²) in [4.78, 5) is 72.7. The van der Waals surface area contributed by atoms with E-state index in [1.54, 1.807) is 0 Å². The molecule has 0 amide bonds. The van der Waals surface area contributed by atoms with Crippen LogP contribution in [0.3, 0.4) is 0 Å². The molecule has 0 saturated heterocycles. The van der Waals surface area contributed by atoms with Crippen molar-refractivity contribution < 1.29 is 80.2 Å². The Morgan fingerprint density at radius 1 is 0.309 bits per heavy atom. The van der Waals surface area contributed by atoms with Gasteiger partial charge in [-0.3, -0.25) is 37.3 Å². The quantitative estimate of drug-likeness (QED) is 0.0169. The highest BCUT2D eigenvalue weighted by atomic mass is 31.2. The molecule has 0 aromatic carbocycles. The van der Waals surface area contributed by atoms with Crippen molar-refractivity contribution in [2.75, 3.05) is 39.6 Å². The molecule has 0 aliphatic carbocycles. The van der Waals surface area contributed by atoms with E-state index in [0.717, 1.165) is 173 Å². The molecule has 0 aliphatic rings. The number of hydrogen-bond acceptors (Lipinski definition) is 15. The van der Waals surface area contributed by atoms with Crippen LogP contribution >= 0.6 is 15.6 Å². The number of phosphoric ester groups is 2. The highest BCUT2D eigenvalue weighted by Gasteiger charge is 2.30. The van der Waals surface area contributed by atoms with Gasteiger partial charge in [0, 0.05) is 25.7 Å². The fourth-order valence-corrected chi connectivity index (χ4v) is 11.5. The van der Waals surface area contributed by atoms with Crippen LogP contribution in [-0.2, 0) is 65.4 Å². The molecule has 0 saturated carbocycles. The maximum Gasteiger partial charge on any atom is 0.472 e. The molecule has 0 aromatic rings. The summed E-state index contributed by atoms with van der Waals surface area (Å²) in [6, 6.07) is 0. The van der Waals surface area contributed by atoms with Crippen molar-refractivity contribution in [3.05, 3.63) is 72.9 Å². The van der Waals surface area contributed by atoms with Crippen LogP contribution in [0.1, 0.15) is 323 Å². The van der Waals surface area contributed by atoms with E-state index in [1.165, 1.54) is 70.6 Å². The average Bonchev–Trinajstić information content (AvgIpc) is 1.29. The smallest absolute Gasteiger partial charge is 0.462 e. The average molecular weight is 1370 g/mol. The van der Waals surface area contributed by atoms with E-state index in [0.29, 0.717) is 25.7 Å². The first-order valence-corrected chi connectivity index (χ1v) is 40.2. The van der Waals surface area contributed by atoms with Crippen LogP contribution in [0.15, 0.2) is 72.9 Å². The predicted molar refractivity (Wildman–Crippen MR) is 381 cm³/mol. The second kappa shape index (κ2) is 68.0. The number of ether oxygens (including phenoxy) is 4. The molecule has 546 valence electrons. The lowest BCUT2D eigenvalue weighted by molar-refractivity contribution is -0.161. The van der Waals surface area contributed by atoms with Gasteiger partial charge in [-0.1, -0.05) is 261 Å². The van der Waals surface area contributed by atoms with E-state index >= 15 is 0 Å². The van der Waals surface area contributed by atoms with Crippen molar-refractivity contribution in [3.8, 4) is 0 Å². The van der Waals surface area contributed by atoms with Crippen molar-refractivity contribution >= 4 is 39.5 Å². The van der Waals surface area contributed by atoms with Crippen molar-refractivity contribution in [2.24, 2.45) is 0 Å². The number of carbonyl (C=O) groups is 4. The topological polar surface area (TPSA) is 237 Å². The van der Waals surface area contributed by atoms with E-state index in [-0.39, 0.29) is 25.7 Å². The van der Waals surface area contributed by atoms with Gasteiger partial charge >= 0.3 is 39.5 Å². The number of esters is 4. The zero-order valence-electron chi connectivity index (χ0n) is 59.4. The maximum absolute atomic E-state index is 13.1. The number of aliphatic hydroxyl groups excluding tert-OH is 1. The summed E-state index contributed by atoms with van der Waals surface area (Å²) < 4.78 is 68.3. The van der Waals surface area contributed by atoms with E-state index in [2.05, 4.69) is 101 Å². The summed E-state index contributed by atoms with van der Waals surface area (Å²) in [7, 11) is -9.94. The van der Waals surface area contributed by atoms with Crippen LogP contribution < -0.4 is 0 Å². The Kier molecular flexibility index (Phi) is 65.5. The summed E-state index contributed by atoms with van der Waals surface area (Å²) in [5, 5.41) is 10.6. The van der Waals surface area contributed by atoms with E-state index in [9.17, 15) is 43.2 Å². The zero-order valence-corrected chi connectivity index (χ0v) is 61.2. The second-order valence-electron chi connectivity index (χ2n) is 24.9. The lowest BCUT2D eigenvalue weighted by Gasteiger charge is -2.21. The monoisotopic (exact) mass is 1370 g/mol. The molecule has 19 heteroatoms. The first-order valence-electron chi connectivity index (χ1n) is 37.2. The van der Waals surface area contributed by atoms with Gasteiger partial charge in [-0.2, -0.15) is 0 Å². The minimum atomic E-state index is -4.97. The summed E-state index contributed by atoms with van der Waals surface area (Å²) in [5.41, 5.74) is 0. The molecule has 17 nitrogen and oxygen atoms in total. The zero-order chi connectivity index (χ0) is 69.0. The van der Waals surface area contributed by atoms with Crippen molar-refractivity contribution in [1.82, 2.24) is 0 Å². The third-order valence-corrected chi connectivity index (χ3v) is 17.6. The molecule has 0 rings (SSSR count). The number of hydrogen-bond donors (Lipinski definition) is 3. The Labute approximate surface area is 571 Å². The standard InChI is InChI=1S/C75H134O17P2/c1-5-9-13-17-21-25-29-31-33-34-36-37-41-44-48-52-56-60-73(78)86-66-71(92-75(80)62-58-54-50-46-42-38-35-32-30-26-22-18-14-10-6-2)68-90-94(83,84)88-64-69(76)63-87-93(81,82)89-67-70(91-74(79)61-57-53-49-45-40-28-24-20-16-12-8-4)65-85-72(77)59-55-51-47-43-39-27-23-19-15-11-7-3/h9,13,19,21-23,25-26,31-33,35,69-71,76H,5-8,10-12,14-18,20,24,27-30,34,36-68H2,1-4H3,(H,81,82)(H,83,84)/b13-9-,23-19-,25-21-,26-22-,33-31-,35-32-. The molecule has 5 atom stereocenters. The van der Waals surface area contributed by atoms with Gasteiger partial charge in [0.15, 0.2) is 12.2 Å². The minimum Gasteiger partial charge on any atom is -0.462 e. The largest absolute Gasteiger partial charge is 0.472 e. The van der Waals surface area contributed by atoms with Crippen LogP contribution in [0.5, 0.6) is 0 Å². The van der Waals surface area contributed by atoms with Gasteiger partial charge in [0.25, 0.3) is 0 Å². The third kappa shape index (κ3) is 67.1. The lowest BCUT2D eigenvalue weighted by atomic mass is 10.1. The van der Waals surface area contributed by atoms with Gasteiger partial charge in [-0.25, -0.2) is 9.13 Å². The highest BCUT2D eigenvalue weighted by molar-refractivity contribution is 7.47. The molecule has 0 bridgehead atoms. The molecule has 3 N–H and O–H groups in total. The van der Waals surface area contributed by atoms with E-state index in [4.69, 9.17) is 37.0 Å². The van der Waals surface area contributed by atoms with Gasteiger partial charge in [-0.05, 0) is 109 Å². The molecule has 0 aromatic heterocycles. The molecule has 0 aliphatic heterocycles. The summed E-state index contributed by atoms with van der Waals surface area (Å²) in [5.74, 6) is -2.19. The molecule has 94 heavy (non-hydrogen) atoms. The second-order valence-corrected chi connectivity index (χ2v) is 27.8. The Bertz CT molecular complexity index is 2070. The fraction of sp³-hybridized carbons (Fsp3) is 0.787. The Morgan fingerprint density at radius 3 is 0.915 bits per heavy atom. The van der Waals surface area contributed by atoms with Gasteiger partial charge in [0.1, 0.15) is 19.3 Å². The fourth-order valence-electron chi connectivity index (χ4n) is 9.95. The number of unbranched alkanes of at least 4 members (excludes halogenated alkanes) is 32. The van der Waals surface area contributed by atoms with Gasteiger partial charge in [0.2, 0.25) is 0 Å². The molecule has 0 heterocycles. The molecule has 0 radical (unpaired) electrons. The van der Waals surface area contributed by atoms with Crippen molar-refractivity contribution in [1.29, 1.82) is 0 Å². The van der Waals surface area contributed by atoms with E-state index < -0.39 is 97.5 Å². The maximum atomic E-state index is 13.1. The van der Waals surface area contributed by atoms with Crippen molar-refractivity contribution in [2.45, 2.75) is 341 Å². The Balaban J connectivity index is 5.32. The number of rotatable bonds is 70. The first-order chi connectivity index (χ1) is 45.7. The summed E-state index contributed by atoms with van der Waals surface area (Å²) in [6.45, 7) is 4.68. The third-order valence-electron chi connectivity index (χ3n) is 15.7. The van der Waals surface area contributed by atoms with Crippen molar-refractivity contribution in [3.63, 3.8) is 0 Å². The minimum absolute atomic E-state index is 0.0788.